The highest BCUT2D eigenvalue weighted by molar-refractivity contribution is 5.93. The summed E-state index contributed by atoms with van der Waals surface area (Å²) in [5, 5.41) is 1.13. The van der Waals surface area contributed by atoms with Crippen molar-refractivity contribution in [3.8, 4) is 22.8 Å². The number of rotatable bonds is 12. The van der Waals surface area contributed by atoms with Gasteiger partial charge < -0.3 is 23.7 Å². The molecule has 1 heterocycles. The smallest absolute Gasteiger partial charge is 0.160 e. The lowest BCUT2D eigenvalue weighted by Crippen LogP contribution is -2.16. The fraction of sp³-hybridized carbons (Fsp3) is 0.200. The van der Waals surface area contributed by atoms with Crippen molar-refractivity contribution in [1.29, 1.82) is 0 Å². The van der Waals surface area contributed by atoms with E-state index in [0.29, 0.717) is 19.8 Å². The summed E-state index contributed by atoms with van der Waals surface area (Å²) in [7, 11) is 4.11. The Hall–Kier alpha value is -5.00. The molecule has 0 saturated carbocycles. The van der Waals surface area contributed by atoms with E-state index in [9.17, 15) is 0 Å². The zero-order valence-electron chi connectivity index (χ0n) is 26.4. The van der Waals surface area contributed by atoms with E-state index < -0.39 is 0 Å². The number of benzene rings is 5. The molecule has 0 aliphatic rings. The maximum Gasteiger partial charge on any atom is 0.160 e. The Bertz CT molecular complexity index is 1830. The summed E-state index contributed by atoms with van der Waals surface area (Å²) in [6.45, 7) is 5.85. The number of aromatic nitrogens is 1. The van der Waals surface area contributed by atoms with E-state index >= 15 is 0 Å². The summed E-state index contributed by atoms with van der Waals surface area (Å²) in [6, 6.07) is 43.9. The average molecular weight is 597 g/mol. The van der Waals surface area contributed by atoms with Crippen molar-refractivity contribution < 1.29 is 14.2 Å². The largest absolute Gasteiger partial charge is 0.489 e. The molecule has 0 aliphatic carbocycles. The van der Waals surface area contributed by atoms with Gasteiger partial charge in [0.25, 0.3) is 0 Å². The fourth-order valence-electron chi connectivity index (χ4n) is 5.75. The first-order chi connectivity index (χ1) is 22.0. The van der Waals surface area contributed by atoms with Gasteiger partial charge in [-0.2, -0.15) is 0 Å². The van der Waals surface area contributed by atoms with E-state index in [4.69, 9.17) is 14.2 Å². The molecule has 5 aromatic carbocycles. The number of hydrogen-bond donors (Lipinski definition) is 0. The monoisotopic (exact) mass is 596 g/mol. The Morgan fingerprint density at radius 1 is 0.667 bits per heavy atom. The van der Waals surface area contributed by atoms with Gasteiger partial charge in [-0.1, -0.05) is 72.8 Å². The van der Waals surface area contributed by atoms with E-state index in [1.54, 1.807) is 0 Å². The number of ether oxygens (including phenoxy) is 3. The van der Waals surface area contributed by atoms with E-state index in [2.05, 4.69) is 121 Å². The maximum absolute atomic E-state index is 6.54. The second-order valence-electron chi connectivity index (χ2n) is 11.4. The molecule has 1 atom stereocenters. The molecule has 0 N–H and O–H groups in total. The van der Waals surface area contributed by atoms with Gasteiger partial charge in [-0.05, 0) is 90.7 Å². The van der Waals surface area contributed by atoms with Gasteiger partial charge in [0.1, 0.15) is 24.7 Å². The molecule has 6 rings (SSSR count). The predicted octanol–water partition coefficient (Wildman–Crippen LogP) is 9.42. The van der Waals surface area contributed by atoms with Crippen LogP contribution >= 0.6 is 0 Å². The van der Waals surface area contributed by atoms with E-state index in [-0.39, 0.29) is 6.23 Å². The van der Waals surface area contributed by atoms with Crippen LogP contribution in [0.2, 0.25) is 0 Å². The first kappa shape index (κ1) is 30.0. The van der Waals surface area contributed by atoms with Crippen molar-refractivity contribution >= 4 is 16.6 Å². The number of nitrogens with zero attached hydrogens (tertiary/aromatic N) is 2. The second kappa shape index (κ2) is 13.7. The first-order valence-corrected chi connectivity index (χ1v) is 15.5. The molecule has 0 saturated heterocycles. The van der Waals surface area contributed by atoms with Crippen molar-refractivity contribution in [2.75, 3.05) is 25.6 Å². The van der Waals surface area contributed by atoms with Crippen LogP contribution in [-0.4, -0.2) is 25.3 Å². The highest BCUT2D eigenvalue weighted by Crippen LogP contribution is 2.40. The van der Waals surface area contributed by atoms with Crippen molar-refractivity contribution in [3.05, 3.63) is 150 Å². The highest BCUT2D eigenvalue weighted by atomic mass is 16.5. The van der Waals surface area contributed by atoms with Gasteiger partial charge in [-0.15, -0.1) is 0 Å². The summed E-state index contributed by atoms with van der Waals surface area (Å²) >= 11 is 0. The van der Waals surface area contributed by atoms with Crippen LogP contribution in [-0.2, 0) is 18.0 Å². The second-order valence-corrected chi connectivity index (χ2v) is 11.4. The van der Waals surface area contributed by atoms with E-state index in [1.807, 2.05) is 43.3 Å². The molecule has 5 nitrogen and oxygen atoms in total. The van der Waals surface area contributed by atoms with Crippen molar-refractivity contribution in [2.24, 2.45) is 0 Å². The lowest BCUT2D eigenvalue weighted by molar-refractivity contribution is 0.0453. The number of fused-ring (bicyclic) bond motifs is 1. The molecule has 6 aromatic rings. The van der Waals surface area contributed by atoms with Crippen LogP contribution in [0.3, 0.4) is 0 Å². The Morgan fingerprint density at radius 3 is 1.82 bits per heavy atom. The normalized spacial score (nSPS) is 11.8. The van der Waals surface area contributed by atoms with Crippen LogP contribution < -0.4 is 14.4 Å². The van der Waals surface area contributed by atoms with Gasteiger partial charge in [0.15, 0.2) is 6.23 Å². The van der Waals surface area contributed by atoms with Crippen molar-refractivity contribution in [2.45, 2.75) is 33.3 Å². The molecule has 1 aromatic heterocycles. The van der Waals surface area contributed by atoms with E-state index in [1.165, 1.54) is 5.56 Å². The molecule has 228 valence electrons. The average Bonchev–Trinajstić information content (AvgIpc) is 3.37. The topological polar surface area (TPSA) is 35.9 Å². The number of aryl methyl sites for hydroxylation is 1. The predicted molar refractivity (Wildman–Crippen MR) is 184 cm³/mol. The van der Waals surface area contributed by atoms with Crippen LogP contribution in [0.4, 0.5) is 5.69 Å². The van der Waals surface area contributed by atoms with Gasteiger partial charge in [-0.3, -0.25) is 0 Å². The third-order valence-electron chi connectivity index (χ3n) is 8.11. The van der Waals surface area contributed by atoms with Crippen molar-refractivity contribution in [3.63, 3.8) is 0 Å². The van der Waals surface area contributed by atoms with E-state index in [0.717, 1.165) is 56.0 Å². The number of anilines is 1. The first-order valence-electron chi connectivity index (χ1n) is 15.5. The Morgan fingerprint density at radius 2 is 1.24 bits per heavy atom. The quantitative estimate of drug-likeness (QED) is 0.141. The molecule has 0 fully saturated rings. The molecule has 0 radical (unpaired) electrons. The molecule has 0 bridgehead atoms. The molecular formula is C40H40N2O3. The molecule has 0 amide bonds. The minimum absolute atomic E-state index is 0.317. The minimum atomic E-state index is -0.317. The highest BCUT2D eigenvalue weighted by Gasteiger charge is 2.24. The molecule has 5 heteroatoms. The molecule has 1 unspecified atom stereocenters. The Labute approximate surface area is 266 Å². The van der Waals surface area contributed by atoms with Crippen LogP contribution in [0.25, 0.3) is 22.2 Å². The molecule has 0 aliphatic heterocycles. The summed E-state index contributed by atoms with van der Waals surface area (Å²) in [6.07, 6.45) is -0.317. The number of hydrogen-bond acceptors (Lipinski definition) is 4. The van der Waals surface area contributed by atoms with Crippen LogP contribution in [0.5, 0.6) is 11.5 Å². The summed E-state index contributed by atoms with van der Waals surface area (Å²) in [4.78, 5) is 2.11. The summed E-state index contributed by atoms with van der Waals surface area (Å²) in [5.74, 6) is 1.67. The lowest BCUT2D eigenvalue weighted by atomic mass is 10.1. The van der Waals surface area contributed by atoms with Crippen LogP contribution in [0, 0.1) is 6.92 Å². The molecule has 0 spiro atoms. The summed E-state index contributed by atoms with van der Waals surface area (Å²) < 4.78 is 21.2. The zero-order chi connectivity index (χ0) is 31.2. The lowest BCUT2D eigenvalue weighted by Gasteiger charge is -2.24. The maximum atomic E-state index is 6.54. The van der Waals surface area contributed by atoms with Gasteiger partial charge in [-0.25, -0.2) is 0 Å². The molecule has 45 heavy (non-hydrogen) atoms. The minimum Gasteiger partial charge on any atom is -0.489 e. The third kappa shape index (κ3) is 6.74. The van der Waals surface area contributed by atoms with Gasteiger partial charge in [0.2, 0.25) is 0 Å². The van der Waals surface area contributed by atoms with Gasteiger partial charge >= 0.3 is 0 Å². The standard InChI is InChI=1S/C40H40N2O3/c1-5-43-40(33-16-20-34(21-17-33)41(3)4)42-38-25-24-36(45-28-31-14-10-7-11-15-31)26-37(38)29(2)39(42)32-18-22-35(23-19-32)44-27-30-12-8-6-9-13-30/h6-26,40H,5,27-28H2,1-4H3. The fourth-order valence-corrected chi connectivity index (χ4v) is 5.75. The van der Waals surface area contributed by atoms with Gasteiger partial charge in [0.05, 0.1) is 11.2 Å². The summed E-state index contributed by atoms with van der Waals surface area (Å²) in [5.41, 5.74) is 8.98. The van der Waals surface area contributed by atoms with Crippen molar-refractivity contribution in [1.82, 2.24) is 4.57 Å². The molecular weight excluding hydrogens is 556 g/mol. The third-order valence-corrected chi connectivity index (χ3v) is 8.11. The zero-order valence-corrected chi connectivity index (χ0v) is 26.4. The van der Waals surface area contributed by atoms with Gasteiger partial charge in [0, 0.05) is 37.3 Å². The SMILES string of the molecule is CCOC(c1ccc(N(C)C)cc1)n1c(-c2ccc(OCc3ccccc3)cc2)c(C)c2cc(OCc3ccccc3)ccc21. The Kier molecular flexibility index (Phi) is 9.18. The van der Waals surface area contributed by atoms with Crippen LogP contribution in [0.15, 0.2) is 127 Å². The Balaban J connectivity index is 1.41. The van der Waals surface area contributed by atoms with Crippen LogP contribution in [0.1, 0.15) is 35.4 Å².